The molecule has 4 aromatic carbocycles. The van der Waals surface area contributed by atoms with Crippen LogP contribution in [0.25, 0.3) is 11.8 Å². The average Bonchev–Trinajstić information content (AvgIpc) is 3.47. The van der Waals surface area contributed by atoms with Gasteiger partial charge in [-0.1, -0.05) is 108 Å². The van der Waals surface area contributed by atoms with E-state index in [0.717, 1.165) is 72.9 Å². The molecule has 1 atom stereocenters. The number of tetrazole rings is 1. The van der Waals surface area contributed by atoms with Crippen LogP contribution in [0.2, 0.25) is 10.0 Å². The van der Waals surface area contributed by atoms with Gasteiger partial charge in [-0.05, 0) is 82.3 Å². The lowest BCUT2D eigenvalue weighted by atomic mass is 9.97. The van der Waals surface area contributed by atoms with Gasteiger partial charge in [0.1, 0.15) is 0 Å². The molecule has 6 rings (SSSR count). The van der Waals surface area contributed by atoms with Crippen LogP contribution in [0.1, 0.15) is 45.2 Å². The summed E-state index contributed by atoms with van der Waals surface area (Å²) in [5.41, 5.74) is 7.96. The number of rotatable bonds is 9. The van der Waals surface area contributed by atoms with Crippen LogP contribution in [-0.4, -0.2) is 62.7 Å². The molecule has 44 heavy (non-hydrogen) atoms. The molecular formula is C36H36Cl2N6. The van der Waals surface area contributed by atoms with E-state index in [0.29, 0.717) is 10.0 Å². The summed E-state index contributed by atoms with van der Waals surface area (Å²) >= 11 is 12.6. The third-order valence-electron chi connectivity index (χ3n) is 8.23. The minimum absolute atomic E-state index is 0.117. The molecule has 1 saturated heterocycles. The van der Waals surface area contributed by atoms with E-state index in [9.17, 15) is 0 Å². The fraction of sp³-hybridized carbons (Fsp3) is 0.250. The molecule has 1 aliphatic heterocycles. The van der Waals surface area contributed by atoms with E-state index in [1.807, 2.05) is 22.9 Å². The van der Waals surface area contributed by atoms with Crippen molar-refractivity contribution in [2.75, 3.05) is 32.7 Å². The number of halogens is 2. The van der Waals surface area contributed by atoms with E-state index in [1.54, 1.807) is 6.07 Å². The topological polar surface area (TPSA) is 50.1 Å². The van der Waals surface area contributed by atoms with Gasteiger partial charge >= 0.3 is 0 Å². The first kappa shape index (κ1) is 30.2. The molecule has 0 saturated carbocycles. The SMILES string of the molecule is Cc1cccc(C)c1-n1nnnc1[C@@H](c1cccc(Cc2cc(Cl)cc(Cl)c2)c1)N1CCN(C/C=C/c2ccccc2)CC1. The van der Waals surface area contributed by atoms with E-state index >= 15 is 0 Å². The maximum absolute atomic E-state index is 6.32. The number of aryl methyl sites for hydroxylation is 2. The Bertz CT molecular complexity index is 1700. The van der Waals surface area contributed by atoms with Crippen molar-refractivity contribution in [1.82, 2.24) is 30.0 Å². The number of benzene rings is 4. The highest BCUT2D eigenvalue weighted by Crippen LogP contribution is 2.32. The number of hydrogen-bond donors (Lipinski definition) is 0. The predicted octanol–water partition coefficient (Wildman–Crippen LogP) is 7.60. The first-order valence-corrected chi connectivity index (χ1v) is 15.8. The lowest BCUT2D eigenvalue weighted by molar-refractivity contribution is 0.113. The Labute approximate surface area is 269 Å². The van der Waals surface area contributed by atoms with Crippen molar-refractivity contribution >= 4 is 29.3 Å². The van der Waals surface area contributed by atoms with Crippen molar-refractivity contribution < 1.29 is 0 Å². The summed E-state index contributed by atoms with van der Waals surface area (Å²) in [4.78, 5) is 5.02. The van der Waals surface area contributed by atoms with Gasteiger partial charge in [0.25, 0.3) is 0 Å². The Kier molecular flexibility index (Phi) is 9.53. The van der Waals surface area contributed by atoms with Crippen molar-refractivity contribution in [3.63, 3.8) is 0 Å². The van der Waals surface area contributed by atoms with Gasteiger partial charge in [-0.15, -0.1) is 5.10 Å². The molecule has 0 unspecified atom stereocenters. The van der Waals surface area contributed by atoms with Gasteiger partial charge in [0.15, 0.2) is 5.82 Å². The van der Waals surface area contributed by atoms with Gasteiger partial charge in [0, 0.05) is 42.8 Å². The van der Waals surface area contributed by atoms with Crippen LogP contribution >= 0.6 is 23.2 Å². The van der Waals surface area contributed by atoms with Crippen molar-refractivity contribution in [1.29, 1.82) is 0 Å². The molecule has 0 N–H and O–H groups in total. The number of nitrogens with zero attached hydrogens (tertiary/aromatic N) is 6. The summed E-state index contributed by atoms with van der Waals surface area (Å²) in [5, 5.41) is 14.7. The number of para-hydroxylation sites is 1. The monoisotopic (exact) mass is 622 g/mol. The van der Waals surface area contributed by atoms with Gasteiger partial charge in [0.2, 0.25) is 0 Å². The van der Waals surface area contributed by atoms with Gasteiger partial charge in [-0.2, -0.15) is 4.68 Å². The van der Waals surface area contributed by atoms with Crippen LogP contribution < -0.4 is 0 Å². The zero-order valence-electron chi connectivity index (χ0n) is 25.1. The largest absolute Gasteiger partial charge is 0.297 e. The Morgan fingerprint density at radius 3 is 2.20 bits per heavy atom. The molecule has 0 spiro atoms. The van der Waals surface area contributed by atoms with E-state index in [4.69, 9.17) is 23.2 Å². The standard InChI is InChI=1S/C36H36Cl2N6/c1-26-9-6-10-27(2)34(26)44-36(39-40-41-44)35(31-15-7-13-29(22-31)21-30-23-32(37)25-33(38)24-30)43-19-17-42(18-20-43)16-8-14-28-11-4-3-5-12-28/h3-15,22-25,35H,16-21H2,1-2H3/b14-8+/t35-/m1/s1. The summed E-state index contributed by atoms with van der Waals surface area (Å²) < 4.78 is 1.94. The molecule has 224 valence electrons. The minimum Gasteiger partial charge on any atom is -0.297 e. The van der Waals surface area contributed by atoms with Crippen molar-refractivity contribution in [2.45, 2.75) is 26.3 Å². The Morgan fingerprint density at radius 2 is 1.48 bits per heavy atom. The highest BCUT2D eigenvalue weighted by Gasteiger charge is 2.31. The van der Waals surface area contributed by atoms with Gasteiger partial charge in [-0.25, -0.2) is 0 Å². The molecule has 0 radical (unpaired) electrons. The average molecular weight is 624 g/mol. The third-order valence-corrected chi connectivity index (χ3v) is 8.67. The minimum atomic E-state index is -0.117. The molecule has 0 amide bonds. The first-order valence-electron chi connectivity index (χ1n) is 15.0. The zero-order valence-corrected chi connectivity index (χ0v) is 26.6. The third kappa shape index (κ3) is 7.11. The first-order chi connectivity index (χ1) is 21.4. The summed E-state index contributed by atoms with van der Waals surface area (Å²) in [5.74, 6) is 0.822. The lowest BCUT2D eigenvalue weighted by Gasteiger charge is -2.38. The van der Waals surface area contributed by atoms with E-state index < -0.39 is 0 Å². The molecule has 1 fully saturated rings. The predicted molar refractivity (Wildman–Crippen MR) is 180 cm³/mol. The lowest BCUT2D eigenvalue weighted by Crippen LogP contribution is -2.48. The van der Waals surface area contributed by atoms with Gasteiger partial charge in [0.05, 0.1) is 11.7 Å². The van der Waals surface area contributed by atoms with Gasteiger partial charge in [-0.3, -0.25) is 9.80 Å². The second-order valence-corrected chi connectivity index (χ2v) is 12.3. The Morgan fingerprint density at radius 1 is 0.773 bits per heavy atom. The maximum Gasteiger partial charge on any atom is 0.178 e. The summed E-state index contributed by atoms with van der Waals surface area (Å²) in [7, 11) is 0. The van der Waals surface area contributed by atoms with Crippen LogP contribution in [-0.2, 0) is 6.42 Å². The molecule has 0 aliphatic carbocycles. The van der Waals surface area contributed by atoms with Crippen molar-refractivity contribution in [3.05, 3.63) is 146 Å². The molecule has 5 aromatic rings. The maximum atomic E-state index is 6.32. The quantitative estimate of drug-likeness (QED) is 0.169. The van der Waals surface area contributed by atoms with E-state index in [2.05, 4.69) is 118 Å². The van der Waals surface area contributed by atoms with Crippen molar-refractivity contribution in [3.8, 4) is 5.69 Å². The molecule has 8 heteroatoms. The highest BCUT2D eigenvalue weighted by atomic mass is 35.5. The second-order valence-electron chi connectivity index (χ2n) is 11.4. The second kappa shape index (κ2) is 13.9. The van der Waals surface area contributed by atoms with E-state index in [1.165, 1.54) is 11.1 Å². The summed E-state index contributed by atoms with van der Waals surface area (Å²) in [6.07, 6.45) is 5.19. The normalized spacial score (nSPS) is 15.2. The smallest absolute Gasteiger partial charge is 0.178 e. The number of aromatic nitrogens is 4. The van der Waals surface area contributed by atoms with Crippen LogP contribution in [0.3, 0.4) is 0 Å². The van der Waals surface area contributed by atoms with Crippen LogP contribution in [0.15, 0.2) is 97.1 Å². The summed E-state index contributed by atoms with van der Waals surface area (Å²) in [6, 6.07) is 31.1. The molecule has 1 aliphatic rings. The fourth-order valence-electron chi connectivity index (χ4n) is 6.11. The zero-order chi connectivity index (χ0) is 30.5. The Hall–Kier alpha value is -3.81. The molecule has 0 bridgehead atoms. The number of piperazine rings is 1. The van der Waals surface area contributed by atoms with Crippen LogP contribution in [0, 0.1) is 13.8 Å². The number of hydrogen-bond acceptors (Lipinski definition) is 5. The van der Waals surface area contributed by atoms with Crippen LogP contribution in [0.5, 0.6) is 0 Å². The molecule has 2 heterocycles. The van der Waals surface area contributed by atoms with E-state index in [-0.39, 0.29) is 6.04 Å². The van der Waals surface area contributed by atoms with Crippen LogP contribution in [0.4, 0.5) is 0 Å². The fourth-order valence-corrected chi connectivity index (χ4v) is 6.69. The molecule has 1 aromatic heterocycles. The Balaban J connectivity index is 1.30. The molecular weight excluding hydrogens is 587 g/mol. The highest BCUT2D eigenvalue weighted by molar-refractivity contribution is 6.34. The molecule has 6 nitrogen and oxygen atoms in total. The van der Waals surface area contributed by atoms with Gasteiger partial charge < -0.3 is 0 Å². The van der Waals surface area contributed by atoms with Crippen molar-refractivity contribution in [2.24, 2.45) is 0 Å². The summed E-state index contributed by atoms with van der Waals surface area (Å²) in [6.45, 7) is 8.87.